The van der Waals surface area contributed by atoms with Crippen molar-refractivity contribution in [1.29, 1.82) is 0 Å². The van der Waals surface area contributed by atoms with Crippen LogP contribution in [0.15, 0.2) is 46.9 Å². The molecule has 0 saturated heterocycles. The summed E-state index contributed by atoms with van der Waals surface area (Å²) < 4.78 is 0.949. The Morgan fingerprint density at radius 1 is 0.905 bits per heavy atom. The van der Waals surface area contributed by atoms with Crippen LogP contribution in [-0.4, -0.2) is 11.8 Å². The van der Waals surface area contributed by atoms with Gasteiger partial charge in [0.15, 0.2) is 0 Å². The van der Waals surface area contributed by atoms with Gasteiger partial charge < -0.3 is 10.6 Å². The molecule has 0 aliphatic carbocycles. The topological polar surface area (TPSA) is 58.2 Å². The van der Waals surface area contributed by atoms with Gasteiger partial charge in [0, 0.05) is 15.8 Å². The van der Waals surface area contributed by atoms with Gasteiger partial charge in [-0.2, -0.15) is 0 Å². The molecule has 108 valence electrons. The van der Waals surface area contributed by atoms with Crippen molar-refractivity contribution in [2.75, 3.05) is 10.6 Å². The maximum Gasteiger partial charge on any atom is 0.314 e. The smallest absolute Gasteiger partial charge is 0.314 e. The average Bonchev–Trinajstić information content (AvgIpc) is 2.43. The van der Waals surface area contributed by atoms with E-state index in [4.69, 9.17) is 0 Å². The highest BCUT2D eigenvalue weighted by Crippen LogP contribution is 2.20. The molecule has 0 heterocycles. The van der Waals surface area contributed by atoms with Crippen LogP contribution >= 0.6 is 15.9 Å². The highest BCUT2D eigenvalue weighted by atomic mass is 79.9. The number of carbonyl (C=O) groups excluding carboxylic acids is 2. The zero-order chi connectivity index (χ0) is 15.4. The molecule has 0 aliphatic rings. The first-order valence-corrected chi connectivity index (χ1v) is 7.20. The van der Waals surface area contributed by atoms with Crippen molar-refractivity contribution in [2.45, 2.75) is 13.8 Å². The van der Waals surface area contributed by atoms with Crippen molar-refractivity contribution < 1.29 is 9.59 Å². The Morgan fingerprint density at radius 2 is 1.52 bits per heavy atom. The van der Waals surface area contributed by atoms with Crippen LogP contribution in [0, 0.1) is 13.8 Å². The van der Waals surface area contributed by atoms with Gasteiger partial charge in [0.05, 0.1) is 0 Å². The molecule has 4 nitrogen and oxygen atoms in total. The van der Waals surface area contributed by atoms with E-state index in [0.29, 0.717) is 11.4 Å². The number of rotatable bonds is 2. The number of carbonyl (C=O) groups is 2. The number of anilines is 2. The van der Waals surface area contributed by atoms with Crippen LogP contribution in [0.4, 0.5) is 11.4 Å². The minimum absolute atomic E-state index is 0.583. The third-order valence-electron chi connectivity index (χ3n) is 2.90. The summed E-state index contributed by atoms with van der Waals surface area (Å²) in [4.78, 5) is 23.7. The van der Waals surface area contributed by atoms with E-state index in [1.165, 1.54) is 0 Å². The summed E-state index contributed by atoms with van der Waals surface area (Å²) in [6.45, 7) is 3.83. The molecule has 2 aromatic carbocycles. The van der Waals surface area contributed by atoms with Crippen LogP contribution in [0.25, 0.3) is 0 Å². The highest BCUT2D eigenvalue weighted by molar-refractivity contribution is 9.10. The second-order valence-corrected chi connectivity index (χ2v) is 5.60. The van der Waals surface area contributed by atoms with Crippen LogP contribution in [-0.2, 0) is 9.59 Å². The lowest BCUT2D eigenvalue weighted by atomic mass is 10.2. The molecule has 2 amide bonds. The van der Waals surface area contributed by atoms with Gasteiger partial charge in [-0.25, -0.2) is 0 Å². The van der Waals surface area contributed by atoms with Crippen LogP contribution in [0.1, 0.15) is 11.1 Å². The summed E-state index contributed by atoms with van der Waals surface area (Å²) in [5.74, 6) is -1.39. The molecule has 2 rings (SSSR count). The van der Waals surface area contributed by atoms with Gasteiger partial charge >= 0.3 is 11.8 Å². The van der Waals surface area contributed by atoms with E-state index < -0.39 is 11.8 Å². The molecule has 5 heteroatoms. The Kier molecular flexibility index (Phi) is 4.75. The van der Waals surface area contributed by atoms with Crippen molar-refractivity contribution >= 4 is 39.1 Å². The molecule has 0 radical (unpaired) electrons. The second-order valence-electron chi connectivity index (χ2n) is 4.74. The summed E-state index contributed by atoms with van der Waals surface area (Å²) in [6.07, 6.45) is 0. The number of hydrogen-bond acceptors (Lipinski definition) is 2. The molecule has 0 fully saturated rings. The van der Waals surface area contributed by atoms with Crippen LogP contribution in [0.3, 0.4) is 0 Å². The molecule has 0 aliphatic heterocycles. The fourth-order valence-corrected chi connectivity index (χ4v) is 2.07. The van der Waals surface area contributed by atoms with Gasteiger partial charge in [0.2, 0.25) is 0 Å². The summed E-state index contributed by atoms with van der Waals surface area (Å²) in [7, 11) is 0. The monoisotopic (exact) mass is 346 g/mol. The summed E-state index contributed by atoms with van der Waals surface area (Å²) >= 11 is 3.38. The Bertz CT molecular complexity index is 698. The van der Waals surface area contributed by atoms with Crippen molar-refractivity contribution in [1.82, 2.24) is 0 Å². The molecule has 0 aromatic heterocycles. The van der Waals surface area contributed by atoms with E-state index in [2.05, 4.69) is 26.6 Å². The van der Waals surface area contributed by atoms with E-state index in [1.807, 2.05) is 32.0 Å². The minimum atomic E-state index is -0.696. The molecule has 0 unspecified atom stereocenters. The second kappa shape index (κ2) is 6.54. The molecule has 0 atom stereocenters. The van der Waals surface area contributed by atoms with Crippen LogP contribution in [0.2, 0.25) is 0 Å². The van der Waals surface area contributed by atoms with Gasteiger partial charge in [0.25, 0.3) is 0 Å². The third-order valence-corrected chi connectivity index (χ3v) is 3.79. The minimum Gasteiger partial charge on any atom is -0.318 e. The van der Waals surface area contributed by atoms with Crippen LogP contribution in [0.5, 0.6) is 0 Å². The zero-order valence-corrected chi connectivity index (χ0v) is 13.3. The first-order valence-electron chi connectivity index (χ1n) is 6.41. The van der Waals surface area contributed by atoms with E-state index in [-0.39, 0.29) is 0 Å². The number of halogens is 1. The molecule has 0 saturated carbocycles. The predicted molar refractivity (Wildman–Crippen MR) is 87.3 cm³/mol. The van der Waals surface area contributed by atoms with E-state index in [9.17, 15) is 9.59 Å². The lowest BCUT2D eigenvalue weighted by molar-refractivity contribution is -0.132. The third kappa shape index (κ3) is 4.16. The lowest BCUT2D eigenvalue weighted by Gasteiger charge is -2.08. The standard InChI is InChI=1S/C16H15BrN2O2/c1-10-4-3-5-12(8-10)18-15(20)16(21)19-13-6-7-14(17)11(2)9-13/h3-9H,1-2H3,(H,18,20)(H,19,21). The van der Waals surface area contributed by atoms with Gasteiger partial charge in [0.1, 0.15) is 0 Å². The molecule has 2 N–H and O–H groups in total. The predicted octanol–water partition coefficient (Wildman–Crippen LogP) is 3.64. The summed E-state index contributed by atoms with van der Waals surface area (Å²) in [5, 5.41) is 5.14. The number of nitrogens with one attached hydrogen (secondary N) is 2. The Labute approximate surface area is 131 Å². The number of hydrogen-bond donors (Lipinski definition) is 2. The van der Waals surface area contributed by atoms with Gasteiger partial charge in [-0.05, 0) is 55.3 Å². The SMILES string of the molecule is Cc1cccc(NC(=O)C(=O)Nc2ccc(Br)c(C)c2)c1. The van der Waals surface area contributed by atoms with Crippen LogP contribution < -0.4 is 10.6 Å². The molecule has 2 aromatic rings. The Morgan fingerprint density at radius 3 is 2.10 bits per heavy atom. The quantitative estimate of drug-likeness (QED) is 0.815. The van der Waals surface area contributed by atoms with Gasteiger partial charge in [-0.1, -0.05) is 28.1 Å². The van der Waals surface area contributed by atoms with E-state index in [1.54, 1.807) is 24.3 Å². The molecule has 0 spiro atoms. The largest absolute Gasteiger partial charge is 0.318 e. The molecule has 0 bridgehead atoms. The molecular weight excluding hydrogens is 332 g/mol. The fourth-order valence-electron chi connectivity index (χ4n) is 1.82. The number of benzene rings is 2. The fraction of sp³-hybridized carbons (Fsp3) is 0.125. The van der Waals surface area contributed by atoms with E-state index in [0.717, 1.165) is 15.6 Å². The first-order chi connectivity index (χ1) is 9.95. The Balaban J connectivity index is 2.02. The number of aryl methyl sites for hydroxylation is 2. The molecule has 21 heavy (non-hydrogen) atoms. The van der Waals surface area contributed by atoms with Crippen molar-refractivity contribution in [3.63, 3.8) is 0 Å². The van der Waals surface area contributed by atoms with Gasteiger partial charge in [-0.15, -0.1) is 0 Å². The Hall–Kier alpha value is -2.14. The van der Waals surface area contributed by atoms with Crippen molar-refractivity contribution in [2.24, 2.45) is 0 Å². The normalized spacial score (nSPS) is 10.0. The maximum absolute atomic E-state index is 11.9. The van der Waals surface area contributed by atoms with E-state index >= 15 is 0 Å². The molecular formula is C16H15BrN2O2. The van der Waals surface area contributed by atoms with Crippen molar-refractivity contribution in [3.05, 3.63) is 58.1 Å². The lowest BCUT2D eigenvalue weighted by Crippen LogP contribution is -2.29. The maximum atomic E-state index is 11.9. The van der Waals surface area contributed by atoms with Gasteiger partial charge in [-0.3, -0.25) is 9.59 Å². The summed E-state index contributed by atoms with van der Waals surface area (Å²) in [5.41, 5.74) is 3.17. The number of amides is 2. The average molecular weight is 347 g/mol. The first kappa shape index (κ1) is 15.3. The zero-order valence-electron chi connectivity index (χ0n) is 11.7. The van der Waals surface area contributed by atoms with Crippen molar-refractivity contribution in [3.8, 4) is 0 Å². The summed E-state index contributed by atoms with van der Waals surface area (Å²) in [6, 6.07) is 12.6. The highest BCUT2D eigenvalue weighted by Gasteiger charge is 2.14.